The van der Waals surface area contributed by atoms with Gasteiger partial charge in [0.05, 0.1) is 4.92 Å². The molecule has 104 valence electrons. The number of non-ortho nitro benzene ring substituents is 1. The Morgan fingerprint density at radius 2 is 2.26 bits per heavy atom. The van der Waals surface area contributed by atoms with Gasteiger partial charge in [0.1, 0.15) is 18.4 Å². The van der Waals surface area contributed by atoms with Crippen LogP contribution in [0, 0.1) is 17.0 Å². The van der Waals surface area contributed by atoms with Crippen molar-refractivity contribution in [1.29, 1.82) is 0 Å². The minimum atomic E-state index is -0.584. The van der Waals surface area contributed by atoms with Crippen molar-refractivity contribution in [2.24, 2.45) is 5.73 Å². The average molecular weight is 267 g/mol. The summed E-state index contributed by atoms with van der Waals surface area (Å²) in [6.07, 6.45) is 0. The molecular formula is C12H17N3O4. The zero-order chi connectivity index (χ0) is 14.4. The van der Waals surface area contributed by atoms with Crippen LogP contribution in [0.1, 0.15) is 12.5 Å². The van der Waals surface area contributed by atoms with Gasteiger partial charge in [-0.2, -0.15) is 0 Å². The fourth-order valence-corrected chi connectivity index (χ4v) is 1.57. The molecule has 0 bridgehead atoms. The van der Waals surface area contributed by atoms with Crippen LogP contribution in [-0.2, 0) is 4.79 Å². The van der Waals surface area contributed by atoms with Crippen LogP contribution in [0.2, 0.25) is 0 Å². The van der Waals surface area contributed by atoms with Crippen LogP contribution in [0.3, 0.4) is 0 Å². The normalized spacial score (nSPS) is 11.9. The van der Waals surface area contributed by atoms with Crippen molar-refractivity contribution < 1.29 is 14.5 Å². The molecule has 1 aromatic rings. The van der Waals surface area contributed by atoms with Gasteiger partial charge in [-0.25, -0.2) is 0 Å². The molecule has 1 atom stereocenters. The lowest BCUT2D eigenvalue weighted by Crippen LogP contribution is -2.45. The third kappa shape index (κ3) is 4.22. The number of rotatable bonds is 7. The monoisotopic (exact) mass is 267 g/mol. The van der Waals surface area contributed by atoms with E-state index in [1.807, 2.05) is 6.92 Å². The lowest BCUT2D eigenvalue weighted by molar-refractivity contribution is -0.384. The summed E-state index contributed by atoms with van der Waals surface area (Å²) in [6.45, 7) is 4.24. The van der Waals surface area contributed by atoms with E-state index in [2.05, 4.69) is 5.32 Å². The van der Waals surface area contributed by atoms with Gasteiger partial charge in [-0.1, -0.05) is 6.92 Å². The van der Waals surface area contributed by atoms with E-state index in [1.165, 1.54) is 18.2 Å². The van der Waals surface area contributed by atoms with Crippen LogP contribution >= 0.6 is 0 Å². The highest BCUT2D eigenvalue weighted by atomic mass is 16.6. The number of primary amides is 1. The van der Waals surface area contributed by atoms with Gasteiger partial charge in [-0.3, -0.25) is 14.9 Å². The van der Waals surface area contributed by atoms with Crippen LogP contribution in [0.4, 0.5) is 5.69 Å². The maximum absolute atomic E-state index is 11.1. The molecule has 0 heterocycles. The van der Waals surface area contributed by atoms with E-state index in [0.29, 0.717) is 17.9 Å². The topological polar surface area (TPSA) is 107 Å². The molecule has 19 heavy (non-hydrogen) atoms. The quantitative estimate of drug-likeness (QED) is 0.559. The summed E-state index contributed by atoms with van der Waals surface area (Å²) in [5.41, 5.74) is 5.85. The Balaban J connectivity index is 2.72. The first-order valence-electron chi connectivity index (χ1n) is 5.86. The molecule has 0 aliphatic heterocycles. The van der Waals surface area contributed by atoms with Gasteiger partial charge in [0, 0.05) is 12.1 Å². The van der Waals surface area contributed by atoms with Crippen LogP contribution in [-0.4, -0.2) is 30.0 Å². The maximum atomic E-state index is 11.1. The van der Waals surface area contributed by atoms with Crippen molar-refractivity contribution in [2.45, 2.75) is 19.9 Å². The molecule has 1 rings (SSSR count). The summed E-state index contributed by atoms with van der Waals surface area (Å²) >= 11 is 0. The molecule has 0 radical (unpaired) electrons. The number of amides is 1. The number of carbonyl (C=O) groups excluding carboxylic acids is 1. The molecular weight excluding hydrogens is 250 g/mol. The Morgan fingerprint density at radius 3 is 2.74 bits per heavy atom. The second kappa shape index (κ2) is 6.69. The SMILES string of the molecule is CCNC(COc1ccc([N+](=O)[O-])cc1C)C(N)=O. The first-order valence-corrected chi connectivity index (χ1v) is 5.86. The van der Waals surface area contributed by atoms with Gasteiger partial charge >= 0.3 is 0 Å². The third-order valence-corrected chi connectivity index (χ3v) is 2.57. The number of carbonyl (C=O) groups is 1. The van der Waals surface area contributed by atoms with Gasteiger partial charge in [0.2, 0.25) is 5.91 Å². The number of hydrogen-bond donors (Lipinski definition) is 2. The maximum Gasteiger partial charge on any atom is 0.269 e. The number of nitro benzene ring substituents is 1. The minimum Gasteiger partial charge on any atom is -0.491 e. The second-order valence-electron chi connectivity index (χ2n) is 4.03. The summed E-state index contributed by atoms with van der Waals surface area (Å²) in [4.78, 5) is 21.3. The van der Waals surface area contributed by atoms with Crippen molar-refractivity contribution >= 4 is 11.6 Å². The number of nitrogens with two attached hydrogens (primary N) is 1. The Hall–Kier alpha value is -2.15. The lowest BCUT2D eigenvalue weighted by Gasteiger charge is -2.16. The van der Waals surface area contributed by atoms with E-state index in [4.69, 9.17) is 10.5 Å². The largest absolute Gasteiger partial charge is 0.491 e. The smallest absolute Gasteiger partial charge is 0.269 e. The molecule has 0 saturated carbocycles. The predicted molar refractivity (Wildman–Crippen MR) is 70.0 cm³/mol. The van der Waals surface area contributed by atoms with Crippen molar-refractivity contribution in [1.82, 2.24) is 5.32 Å². The predicted octanol–water partition coefficient (Wildman–Crippen LogP) is 0.745. The van der Waals surface area contributed by atoms with Gasteiger partial charge in [0.15, 0.2) is 0 Å². The zero-order valence-corrected chi connectivity index (χ0v) is 10.9. The van der Waals surface area contributed by atoms with E-state index < -0.39 is 16.9 Å². The van der Waals surface area contributed by atoms with Crippen LogP contribution in [0.15, 0.2) is 18.2 Å². The molecule has 1 amide bonds. The van der Waals surface area contributed by atoms with Crippen LogP contribution < -0.4 is 15.8 Å². The highest BCUT2D eigenvalue weighted by molar-refractivity contribution is 5.80. The van der Waals surface area contributed by atoms with Crippen LogP contribution in [0.25, 0.3) is 0 Å². The molecule has 7 heteroatoms. The van der Waals surface area contributed by atoms with Crippen molar-refractivity contribution in [3.8, 4) is 5.75 Å². The fourth-order valence-electron chi connectivity index (χ4n) is 1.57. The van der Waals surface area contributed by atoms with Crippen molar-refractivity contribution in [3.63, 3.8) is 0 Å². The van der Waals surface area contributed by atoms with Gasteiger partial charge in [-0.15, -0.1) is 0 Å². The Labute approximate surface area is 110 Å². The van der Waals surface area contributed by atoms with E-state index in [1.54, 1.807) is 6.92 Å². The molecule has 1 aromatic carbocycles. The van der Waals surface area contributed by atoms with Crippen molar-refractivity contribution in [2.75, 3.05) is 13.2 Å². The number of nitrogens with one attached hydrogen (secondary N) is 1. The summed E-state index contributed by atoms with van der Waals surface area (Å²) < 4.78 is 5.46. The first-order chi connectivity index (χ1) is 8.95. The van der Waals surface area contributed by atoms with E-state index >= 15 is 0 Å². The Bertz CT molecular complexity index is 476. The van der Waals surface area contributed by atoms with Gasteiger partial charge in [-0.05, 0) is 25.1 Å². The lowest BCUT2D eigenvalue weighted by atomic mass is 10.2. The molecule has 7 nitrogen and oxygen atoms in total. The molecule has 0 fully saturated rings. The number of ether oxygens (including phenoxy) is 1. The number of likely N-dealkylation sites (N-methyl/N-ethyl adjacent to an activating group) is 1. The van der Waals surface area contributed by atoms with Crippen LogP contribution in [0.5, 0.6) is 5.75 Å². The van der Waals surface area contributed by atoms with E-state index in [-0.39, 0.29) is 12.3 Å². The van der Waals surface area contributed by atoms with E-state index in [9.17, 15) is 14.9 Å². The molecule has 0 aliphatic rings. The number of nitro groups is 1. The molecule has 1 unspecified atom stereocenters. The summed E-state index contributed by atoms with van der Waals surface area (Å²) in [5, 5.41) is 13.5. The summed E-state index contributed by atoms with van der Waals surface area (Å²) in [5.74, 6) is -0.00355. The van der Waals surface area contributed by atoms with Gasteiger partial charge in [0.25, 0.3) is 5.69 Å². The minimum absolute atomic E-state index is 0.00276. The Kier molecular flexibility index (Phi) is 5.25. The highest BCUT2D eigenvalue weighted by Gasteiger charge is 2.16. The molecule has 3 N–H and O–H groups in total. The second-order valence-corrected chi connectivity index (χ2v) is 4.03. The summed E-state index contributed by atoms with van der Waals surface area (Å²) in [6, 6.07) is 3.70. The zero-order valence-electron chi connectivity index (χ0n) is 10.9. The fraction of sp³-hybridized carbons (Fsp3) is 0.417. The standard InChI is InChI=1S/C12H17N3O4/c1-3-14-10(12(13)16)7-19-11-5-4-9(15(17)18)6-8(11)2/h4-6,10,14H,3,7H2,1-2H3,(H2,13,16). The molecule has 0 aliphatic carbocycles. The number of nitrogens with zero attached hydrogens (tertiary/aromatic N) is 1. The number of benzene rings is 1. The summed E-state index contributed by atoms with van der Waals surface area (Å²) in [7, 11) is 0. The molecule has 0 aromatic heterocycles. The average Bonchev–Trinajstić information content (AvgIpc) is 2.35. The number of hydrogen-bond acceptors (Lipinski definition) is 5. The highest BCUT2D eigenvalue weighted by Crippen LogP contribution is 2.23. The van der Waals surface area contributed by atoms with Crippen molar-refractivity contribution in [3.05, 3.63) is 33.9 Å². The molecule has 0 spiro atoms. The first kappa shape index (κ1) is 14.9. The Morgan fingerprint density at radius 1 is 1.58 bits per heavy atom. The molecule has 0 saturated heterocycles. The van der Waals surface area contributed by atoms with Gasteiger partial charge < -0.3 is 15.8 Å². The van der Waals surface area contributed by atoms with E-state index in [0.717, 1.165) is 0 Å². The third-order valence-electron chi connectivity index (χ3n) is 2.57. The number of aryl methyl sites for hydroxylation is 1.